The van der Waals surface area contributed by atoms with E-state index in [0.29, 0.717) is 33.9 Å². The van der Waals surface area contributed by atoms with E-state index in [9.17, 15) is 4.57 Å². The lowest BCUT2D eigenvalue weighted by Gasteiger charge is -2.43. The number of rotatable bonds is 9. The van der Waals surface area contributed by atoms with Crippen LogP contribution in [0.5, 0.6) is 5.75 Å². The van der Waals surface area contributed by atoms with Crippen molar-refractivity contribution in [2.75, 3.05) is 82.3 Å². The summed E-state index contributed by atoms with van der Waals surface area (Å²) in [5.74, 6) is 1.75. The summed E-state index contributed by atoms with van der Waals surface area (Å²) in [4.78, 5) is 17.2. The molecule has 2 aromatic carbocycles. The van der Waals surface area contributed by atoms with Crippen molar-refractivity contribution in [2.45, 2.75) is 32.2 Å². The number of nitrogens with zero attached hydrogens (tertiary/aromatic N) is 5. The molecule has 0 radical (unpaired) electrons. The summed E-state index contributed by atoms with van der Waals surface area (Å²) >= 11 is 6.92. The van der Waals surface area contributed by atoms with Crippen molar-refractivity contribution in [1.29, 1.82) is 0 Å². The number of anilines is 5. The van der Waals surface area contributed by atoms with E-state index in [2.05, 4.69) is 56.4 Å². The van der Waals surface area contributed by atoms with Crippen LogP contribution in [0.25, 0.3) is 10.9 Å². The van der Waals surface area contributed by atoms with Crippen molar-refractivity contribution in [3.63, 3.8) is 0 Å². The van der Waals surface area contributed by atoms with E-state index in [4.69, 9.17) is 21.3 Å². The Morgan fingerprint density at radius 2 is 1.67 bits per heavy atom. The zero-order valence-corrected chi connectivity index (χ0v) is 29.2. The Morgan fingerprint density at radius 1 is 0.957 bits per heavy atom. The highest BCUT2D eigenvalue weighted by Crippen LogP contribution is 2.42. The number of aryl methyl sites for hydroxylation is 1. The van der Waals surface area contributed by atoms with E-state index in [1.54, 1.807) is 26.6 Å². The number of para-hydroxylation sites is 1. The van der Waals surface area contributed by atoms with E-state index in [0.717, 1.165) is 54.7 Å². The van der Waals surface area contributed by atoms with Crippen LogP contribution in [-0.2, 0) is 11.0 Å². The molecule has 2 fully saturated rings. The fourth-order valence-corrected chi connectivity index (χ4v) is 8.10. The Hall–Kier alpha value is -3.36. The predicted octanol–water partition coefficient (Wildman–Crippen LogP) is 6.81. The molecule has 0 aliphatic carbocycles. The summed E-state index contributed by atoms with van der Waals surface area (Å²) in [5, 5.41) is 8.86. The number of aromatic nitrogens is 2. The van der Waals surface area contributed by atoms with E-state index in [-0.39, 0.29) is 0 Å². The van der Waals surface area contributed by atoms with Crippen LogP contribution in [0.1, 0.15) is 25.3 Å². The van der Waals surface area contributed by atoms with Crippen molar-refractivity contribution < 1.29 is 9.30 Å². The molecule has 0 amide bonds. The first kappa shape index (κ1) is 32.6. The standard InChI is InChI=1S/C35H45ClN7O2P/c1-6-24-22-28(30(45-3)23-29(24)43-16-13-25(14-17-43)42-20-18-41(2)19-21-42)39-35-33-26(10-9-15-37-33)32(36)34(40-35)38-27-11-7-8-12-31(27)46(4,5)44/h7-12,15,22-23,25H,6,13-14,16-21H2,1-5H3,(H2,38,39,40). The Bertz CT molecular complexity index is 1750. The molecule has 244 valence electrons. The fraction of sp³-hybridized carbons (Fsp3) is 0.429. The number of piperazine rings is 1. The van der Waals surface area contributed by atoms with E-state index in [1.807, 2.05) is 36.4 Å². The summed E-state index contributed by atoms with van der Waals surface area (Å²) in [7, 11) is 1.37. The summed E-state index contributed by atoms with van der Waals surface area (Å²) in [6.07, 6.45) is 4.97. The molecule has 2 aliphatic rings. The lowest BCUT2D eigenvalue weighted by molar-refractivity contribution is 0.0982. The Kier molecular flexibility index (Phi) is 9.76. The number of piperidine rings is 1. The number of fused-ring (bicyclic) bond motifs is 1. The highest BCUT2D eigenvalue weighted by molar-refractivity contribution is 7.70. The monoisotopic (exact) mass is 661 g/mol. The minimum atomic E-state index is -2.56. The van der Waals surface area contributed by atoms with Gasteiger partial charge in [-0.25, -0.2) is 4.98 Å². The Balaban J connectivity index is 1.30. The first-order valence-corrected chi connectivity index (χ1v) is 19.2. The molecule has 0 spiro atoms. The number of likely N-dealkylation sites (N-methyl/N-ethyl adjacent to an activating group) is 1. The second kappa shape index (κ2) is 13.8. The van der Waals surface area contributed by atoms with E-state index in [1.165, 1.54) is 37.2 Å². The van der Waals surface area contributed by atoms with Crippen LogP contribution in [0.15, 0.2) is 54.7 Å². The van der Waals surface area contributed by atoms with Crippen LogP contribution >= 0.6 is 18.7 Å². The summed E-state index contributed by atoms with van der Waals surface area (Å²) in [6, 6.07) is 16.4. The van der Waals surface area contributed by atoms with Crippen LogP contribution in [0.4, 0.5) is 28.7 Å². The molecule has 0 saturated carbocycles. The molecular weight excluding hydrogens is 617 g/mol. The predicted molar refractivity (Wildman–Crippen MR) is 193 cm³/mol. The highest BCUT2D eigenvalue weighted by atomic mass is 35.5. The molecular formula is C35H45ClN7O2P. The maximum atomic E-state index is 13.1. The highest BCUT2D eigenvalue weighted by Gasteiger charge is 2.28. The average molecular weight is 662 g/mol. The number of hydrogen-bond acceptors (Lipinski definition) is 9. The molecule has 46 heavy (non-hydrogen) atoms. The molecule has 2 saturated heterocycles. The van der Waals surface area contributed by atoms with Crippen molar-refractivity contribution in [3.8, 4) is 5.75 Å². The van der Waals surface area contributed by atoms with Crippen LogP contribution in [0.2, 0.25) is 5.02 Å². The molecule has 0 atom stereocenters. The molecule has 2 N–H and O–H groups in total. The van der Waals surface area contributed by atoms with Crippen LogP contribution in [-0.4, -0.2) is 92.6 Å². The van der Waals surface area contributed by atoms with Crippen LogP contribution in [0, 0.1) is 0 Å². The molecule has 6 rings (SSSR count). The lowest BCUT2D eigenvalue weighted by Crippen LogP contribution is -2.52. The van der Waals surface area contributed by atoms with Gasteiger partial charge in [-0.2, -0.15) is 0 Å². The molecule has 11 heteroatoms. The third-order valence-electron chi connectivity index (χ3n) is 9.33. The van der Waals surface area contributed by atoms with Gasteiger partial charge >= 0.3 is 0 Å². The van der Waals surface area contributed by atoms with Gasteiger partial charge in [-0.1, -0.05) is 30.7 Å². The van der Waals surface area contributed by atoms with Crippen LogP contribution in [0.3, 0.4) is 0 Å². The zero-order valence-electron chi connectivity index (χ0n) is 27.5. The minimum absolute atomic E-state index is 0.446. The van der Waals surface area contributed by atoms with Gasteiger partial charge in [0.2, 0.25) is 0 Å². The lowest BCUT2D eigenvalue weighted by atomic mass is 9.99. The zero-order chi connectivity index (χ0) is 32.4. The Morgan fingerprint density at radius 3 is 2.37 bits per heavy atom. The van der Waals surface area contributed by atoms with Crippen LogP contribution < -0.4 is 25.6 Å². The van der Waals surface area contributed by atoms with Gasteiger partial charge in [0.15, 0.2) is 11.6 Å². The largest absolute Gasteiger partial charge is 0.494 e. The topological polar surface area (TPSA) is 85.9 Å². The molecule has 9 nitrogen and oxygen atoms in total. The molecule has 2 aliphatic heterocycles. The molecule has 4 aromatic rings. The number of nitrogens with one attached hydrogen (secondary N) is 2. The summed E-state index contributed by atoms with van der Waals surface area (Å²) < 4.78 is 19.0. The number of benzene rings is 2. The Labute approximate surface area is 277 Å². The molecule has 0 unspecified atom stereocenters. The van der Waals surface area contributed by atoms with Gasteiger partial charge in [-0.3, -0.25) is 9.88 Å². The van der Waals surface area contributed by atoms with Gasteiger partial charge < -0.3 is 29.7 Å². The van der Waals surface area contributed by atoms with Gasteiger partial charge in [-0.05, 0) is 75.5 Å². The van der Waals surface area contributed by atoms with E-state index < -0.39 is 7.14 Å². The van der Waals surface area contributed by atoms with Crippen molar-refractivity contribution in [3.05, 3.63) is 65.3 Å². The minimum Gasteiger partial charge on any atom is -0.494 e. The van der Waals surface area contributed by atoms with Crippen molar-refractivity contribution >= 4 is 63.6 Å². The van der Waals surface area contributed by atoms with Gasteiger partial charge in [-0.15, -0.1) is 0 Å². The first-order valence-electron chi connectivity index (χ1n) is 16.2. The molecule has 4 heterocycles. The summed E-state index contributed by atoms with van der Waals surface area (Å²) in [6.45, 7) is 12.4. The quantitative estimate of drug-likeness (QED) is 0.188. The van der Waals surface area contributed by atoms with Gasteiger partial charge in [0.1, 0.15) is 18.4 Å². The number of hydrogen-bond donors (Lipinski definition) is 2. The second-order valence-corrected chi connectivity index (χ2v) is 16.3. The van der Waals surface area contributed by atoms with Crippen molar-refractivity contribution in [2.24, 2.45) is 0 Å². The number of halogens is 1. The van der Waals surface area contributed by atoms with Gasteiger partial charge in [0.05, 0.1) is 23.5 Å². The second-order valence-electron chi connectivity index (χ2n) is 12.7. The third kappa shape index (κ3) is 6.84. The fourth-order valence-electron chi connectivity index (χ4n) is 6.70. The maximum absolute atomic E-state index is 13.1. The normalized spacial score (nSPS) is 17.0. The van der Waals surface area contributed by atoms with Gasteiger partial charge in [0.25, 0.3) is 0 Å². The van der Waals surface area contributed by atoms with Gasteiger partial charge in [0, 0.05) is 74.0 Å². The SMILES string of the molecule is CCc1cc(Nc2nc(Nc3ccccc3P(C)(C)=O)c(Cl)c3cccnc23)c(OC)cc1N1CCC(N2CCN(C)CC2)CC1. The number of ether oxygens (including phenoxy) is 1. The number of pyridine rings is 2. The first-order chi connectivity index (χ1) is 22.2. The number of methoxy groups -OCH3 is 1. The maximum Gasteiger partial charge on any atom is 0.159 e. The molecule has 0 bridgehead atoms. The summed E-state index contributed by atoms with van der Waals surface area (Å²) in [5.41, 5.74) is 4.66. The smallest absolute Gasteiger partial charge is 0.159 e. The van der Waals surface area contributed by atoms with E-state index >= 15 is 0 Å². The molecule has 2 aromatic heterocycles. The van der Waals surface area contributed by atoms with Crippen molar-refractivity contribution in [1.82, 2.24) is 19.8 Å². The average Bonchev–Trinajstić information content (AvgIpc) is 3.07. The third-order valence-corrected chi connectivity index (χ3v) is 11.3.